The normalized spacial score (nSPS) is 41.9. The number of aliphatic hydroxyl groups excluding tert-OH is 2. The average Bonchev–Trinajstić information content (AvgIpc) is 2.79. The standard InChI is InChI=1S/C9H14FNO2/c1-5(10)7-8(13)6(12)4-11-9(7)2-3-9/h6-8,11-13H,1-4H2/t6-,7-,8+/m1/s1. The summed E-state index contributed by atoms with van der Waals surface area (Å²) in [4.78, 5) is 0. The largest absolute Gasteiger partial charge is 0.390 e. The van der Waals surface area contributed by atoms with Gasteiger partial charge in [-0.2, -0.15) is 0 Å². The van der Waals surface area contributed by atoms with Crippen LogP contribution < -0.4 is 5.32 Å². The van der Waals surface area contributed by atoms with E-state index in [9.17, 15) is 14.6 Å². The number of piperidine rings is 1. The van der Waals surface area contributed by atoms with E-state index in [0.29, 0.717) is 6.54 Å². The molecule has 0 aromatic rings. The highest BCUT2D eigenvalue weighted by molar-refractivity contribution is 5.20. The molecular formula is C9H14FNO2. The van der Waals surface area contributed by atoms with Crippen molar-refractivity contribution < 1.29 is 14.6 Å². The first-order valence-corrected chi connectivity index (χ1v) is 4.52. The van der Waals surface area contributed by atoms with Crippen LogP contribution in [0.1, 0.15) is 12.8 Å². The minimum Gasteiger partial charge on any atom is -0.390 e. The minimum absolute atomic E-state index is 0.315. The molecule has 1 saturated carbocycles. The van der Waals surface area contributed by atoms with Crippen molar-refractivity contribution in [3.8, 4) is 0 Å². The van der Waals surface area contributed by atoms with Crippen molar-refractivity contribution in [2.45, 2.75) is 30.6 Å². The van der Waals surface area contributed by atoms with Gasteiger partial charge in [0.05, 0.1) is 18.1 Å². The smallest absolute Gasteiger partial charge is 0.100 e. The van der Waals surface area contributed by atoms with Gasteiger partial charge in [-0.15, -0.1) is 0 Å². The third kappa shape index (κ3) is 1.29. The van der Waals surface area contributed by atoms with Gasteiger partial charge in [0.25, 0.3) is 0 Å². The van der Waals surface area contributed by atoms with Crippen LogP contribution in [0.4, 0.5) is 4.39 Å². The lowest BCUT2D eigenvalue weighted by atomic mass is 9.84. The molecule has 1 aliphatic heterocycles. The molecule has 3 atom stereocenters. The van der Waals surface area contributed by atoms with Gasteiger partial charge in [-0.1, -0.05) is 6.58 Å². The van der Waals surface area contributed by atoms with E-state index >= 15 is 0 Å². The second-order valence-electron chi connectivity index (χ2n) is 4.02. The van der Waals surface area contributed by atoms with Crippen molar-refractivity contribution >= 4 is 0 Å². The van der Waals surface area contributed by atoms with Gasteiger partial charge in [-0.05, 0) is 12.8 Å². The second-order valence-corrected chi connectivity index (χ2v) is 4.02. The number of rotatable bonds is 1. The summed E-state index contributed by atoms with van der Waals surface area (Å²) in [7, 11) is 0. The Morgan fingerprint density at radius 2 is 2.08 bits per heavy atom. The summed E-state index contributed by atoms with van der Waals surface area (Å²) in [5, 5.41) is 22.0. The predicted molar refractivity (Wildman–Crippen MR) is 45.7 cm³/mol. The third-order valence-electron chi connectivity index (χ3n) is 3.12. The molecule has 3 nitrogen and oxygen atoms in total. The van der Waals surface area contributed by atoms with E-state index in [1.807, 2.05) is 0 Å². The van der Waals surface area contributed by atoms with Gasteiger partial charge in [0.15, 0.2) is 0 Å². The quantitative estimate of drug-likeness (QED) is 0.539. The molecule has 0 aromatic heterocycles. The number of aliphatic hydroxyl groups is 2. The molecule has 4 heteroatoms. The lowest BCUT2D eigenvalue weighted by Crippen LogP contribution is -2.58. The van der Waals surface area contributed by atoms with Gasteiger partial charge >= 0.3 is 0 Å². The number of nitrogens with one attached hydrogen (secondary N) is 1. The Hall–Kier alpha value is -0.450. The second kappa shape index (κ2) is 2.77. The molecule has 0 bridgehead atoms. The van der Waals surface area contributed by atoms with Crippen LogP contribution in [0.25, 0.3) is 0 Å². The Labute approximate surface area is 76.3 Å². The molecule has 74 valence electrons. The number of β-amino-alcohol motifs (C(OH)–C–C–N with tert-alkyl or cyclic N) is 1. The monoisotopic (exact) mass is 187 g/mol. The van der Waals surface area contributed by atoms with Crippen LogP contribution in [0.5, 0.6) is 0 Å². The number of halogens is 1. The topological polar surface area (TPSA) is 52.5 Å². The summed E-state index contributed by atoms with van der Waals surface area (Å²) in [6, 6.07) is 0. The average molecular weight is 187 g/mol. The van der Waals surface area contributed by atoms with Crippen molar-refractivity contribution in [3.63, 3.8) is 0 Å². The molecule has 0 amide bonds. The van der Waals surface area contributed by atoms with Gasteiger partial charge in [0, 0.05) is 12.1 Å². The first-order valence-electron chi connectivity index (χ1n) is 4.52. The van der Waals surface area contributed by atoms with E-state index in [1.54, 1.807) is 0 Å². The Morgan fingerprint density at radius 1 is 1.46 bits per heavy atom. The van der Waals surface area contributed by atoms with Crippen LogP contribution in [-0.2, 0) is 0 Å². The summed E-state index contributed by atoms with van der Waals surface area (Å²) in [6.07, 6.45) is -0.195. The zero-order valence-electron chi connectivity index (χ0n) is 7.33. The molecule has 1 heterocycles. The number of hydrogen-bond donors (Lipinski definition) is 3. The Bertz CT molecular complexity index is 240. The molecule has 0 unspecified atom stereocenters. The van der Waals surface area contributed by atoms with E-state index in [0.717, 1.165) is 12.8 Å². The van der Waals surface area contributed by atoms with Crippen molar-refractivity contribution in [3.05, 3.63) is 12.4 Å². The highest BCUT2D eigenvalue weighted by Gasteiger charge is 2.57. The van der Waals surface area contributed by atoms with Crippen LogP contribution in [0.15, 0.2) is 12.4 Å². The molecule has 2 fully saturated rings. The van der Waals surface area contributed by atoms with Gasteiger partial charge in [0.1, 0.15) is 5.83 Å². The summed E-state index contributed by atoms with van der Waals surface area (Å²) in [5.74, 6) is -1.17. The molecule has 0 radical (unpaired) electrons. The predicted octanol–water partition coefficient (Wildman–Crippen LogP) is -0.0566. The van der Waals surface area contributed by atoms with E-state index in [1.165, 1.54) is 0 Å². The lowest BCUT2D eigenvalue weighted by Gasteiger charge is -2.38. The molecule has 1 saturated heterocycles. The Morgan fingerprint density at radius 3 is 2.54 bits per heavy atom. The number of hydrogen-bond acceptors (Lipinski definition) is 3. The van der Waals surface area contributed by atoms with E-state index < -0.39 is 24.0 Å². The van der Waals surface area contributed by atoms with Crippen LogP contribution in [0.2, 0.25) is 0 Å². The summed E-state index contributed by atoms with van der Waals surface area (Å²) in [6.45, 7) is 3.56. The first-order chi connectivity index (χ1) is 6.07. The molecule has 1 spiro atoms. The molecule has 13 heavy (non-hydrogen) atoms. The maximum Gasteiger partial charge on any atom is 0.100 e. The van der Waals surface area contributed by atoms with Crippen molar-refractivity contribution in [1.82, 2.24) is 5.32 Å². The molecule has 2 rings (SSSR count). The molecule has 3 N–H and O–H groups in total. The van der Waals surface area contributed by atoms with Crippen LogP contribution in [0, 0.1) is 5.92 Å². The zero-order valence-corrected chi connectivity index (χ0v) is 7.33. The van der Waals surface area contributed by atoms with Crippen molar-refractivity contribution in [1.29, 1.82) is 0 Å². The summed E-state index contributed by atoms with van der Waals surface area (Å²) < 4.78 is 13.0. The van der Waals surface area contributed by atoms with Crippen LogP contribution in [0.3, 0.4) is 0 Å². The van der Waals surface area contributed by atoms with E-state index in [4.69, 9.17) is 0 Å². The van der Waals surface area contributed by atoms with Gasteiger partial charge in [0.2, 0.25) is 0 Å². The molecular weight excluding hydrogens is 173 g/mol. The fraction of sp³-hybridized carbons (Fsp3) is 0.778. The fourth-order valence-electron chi connectivity index (χ4n) is 2.20. The lowest BCUT2D eigenvalue weighted by molar-refractivity contribution is -0.0510. The highest BCUT2D eigenvalue weighted by atomic mass is 19.1. The molecule has 0 aromatic carbocycles. The maximum absolute atomic E-state index is 13.0. The fourth-order valence-corrected chi connectivity index (χ4v) is 2.20. The Kier molecular flexibility index (Phi) is 1.94. The van der Waals surface area contributed by atoms with Gasteiger partial charge < -0.3 is 15.5 Å². The van der Waals surface area contributed by atoms with Crippen LogP contribution in [-0.4, -0.2) is 34.5 Å². The summed E-state index contributed by atoms with van der Waals surface area (Å²) in [5.41, 5.74) is -0.315. The molecule has 2 aliphatic rings. The van der Waals surface area contributed by atoms with Crippen molar-refractivity contribution in [2.75, 3.05) is 6.54 Å². The summed E-state index contributed by atoms with van der Waals surface area (Å²) >= 11 is 0. The SMILES string of the molecule is C=C(F)[C@@H]1[C@@H](O)[C@H](O)CNC12CC2. The Balaban J connectivity index is 2.20. The van der Waals surface area contributed by atoms with Gasteiger partial charge in [-0.3, -0.25) is 0 Å². The highest BCUT2D eigenvalue weighted by Crippen LogP contribution is 2.49. The third-order valence-corrected chi connectivity index (χ3v) is 3.12. The van der Waals surface area contributed by atoms with Crippen LogP contribution >= 0.6 is 0 Å². The van der Waals surface area contributed by atoms with E-state index in [-0.39, 0.29) is 5.54 Å². The molecule has 1 aliphatic carbocycles. The van der Waals surface area contributed by atoms with E-state index in [2.05, 4.69) is 11.9 Å². The van der Waals surface area contributed by atoms with Gasteiger partial charge in [-0.25, -0.2) is 4.39 Å². The zero-order chi connectivity index (χ0) is 9.64. The maximum atomic E-state index is 13.0. The van der Waals surface area contributed by atoms with Crippen molar-refractivity contribution in [2.24, 2.45) is 5.92 Å². The minimum atomic E-state index is -1.01. The first kappa shape index (κ1) is 9.12.